The highest BCUT2D eigenvalue weighted by Gasteiger charge is 2.27. The minimum Gasteiger partial charge on any atom is -0.357 e. The van der Waals surface area contributed by atoms with Crippen LogP contribution in [0.3, 0.4) is 0 Å². The molecule has 1 aliphatic heterocycles. The molecule has 1 fully saturated rings. The van der Waals surface area contributed by atoms with Gasteiger partial charge in [-0.25, -0.2) is 0 Å². The van der Waals surface area contributed by atoms with E-state index >= 15 is 0 Å². The maximum absolute atomic E-state index is 8.09. The van der Waals surface area contributed by atoms with Gasteiger partial charge in [0.15, 0.2) is 0 Å². The third-order valence-electron chi connectivity index (χ3n) is 4.17. The molecule has 1 aliphatic carbocycles. The molecule has 2 nitrogen and oxygen atoms in total. The molecule has 1 aromatic carbocycles. The van der Waals surface area contributed by atoms with Gasteiger partial charge in [-0.05, 0) is 43.2 Å². The van der Waals surface area contributed by atoms with Crippen molar-refractivity contribution in [2.45, 2.75) is 44.6 Å². The third-order valence-corrected chi connectivity index (χ3v) is 4.17. The summed E-state index contributed by atoms with van der Waals surface area (Å²) in [6.07, 6.45) is 7.00. The maximum atomic E-state index is 8.09. The molecule has 1 aromatic rings. The fraction of sp³-hybridized carbons (Fsp3) is 0.533. The van der Waals surface area contributed by atoms with Crippen molar-refractivity contribution in [1.29, 1.82) is 5.41 Å². The SMILES string of the molecule is N=C1CCCCN1C1CCc2ccccc2C1. The Kier molecular flexibility index (Phi) is 2.87. The molecular formula is C15H20N2. The Bertz CT molecular complexity index is 425. The van der Waals surface area contributed by atoms with Gasteiger partial charge in [-0.15, -0.1) is 0 Å². The van der Waals surface area contributed by atoms with Gasteiger partial charge in [-0.3, -0.25) is 5.41 Å². The number of nitrogens with zero attached hydrogens (tertiary/aromatic N) is 1. The molecule has 1 heterocycles. The lowest BCUT2D eigenvalue weighted by atomic mass is 9.86. The minimum atomic E-state index is 0.581. The molecule has 0 bridgehead atoms. The van der Waals surface area contributed by atoms with Gasteiger partial charge in [0.25, 0.3) is 0 Å². The second kappa shape index (κ2) is 4.52. The molecule has 3 rings (SSSR count). The van der Waals surface area contributed by atoms with Gasteiger partial charge in [0.1, 0.15) is 0 Å². The van der Waals surface area contributed by atoms with Gasteiger partial charge in [0, 0.05) is 19.0 Å². The van der Waals surface area contributed by atoms with Gasteiger partial charge in [-0.2, -0.15) is 0 Å². The van der Waals surface area contributed by atoms with Gasteiger partial charge in [0.05, 0.1) is 5.84 Å². The Labute approximate surface area is 103 Å². The van der Waals surface area contributed by atoms with Crippen molar-refractivity contribution in [3.63, 3.8) is 0 Å². The molecule has 90 valence electrons. The Morgan fingerprint density at radius 2 is 1.88 bits per heavy atom. The maximum Gasteiger partial charge on any atom is 0.0960 e. The third kappa shape index (κ3) is 2.08. The highest BCUT2D eigenvalue weighted by Crippen LogP contribution is 2.26. The lowest BCUT2D eigenvalue weighted by Crippen LogP contribution is -2.45. The average molecular weight is 228 g/mol. The summed E-state index contributed by atoms with van der Waals surface area (Å²) < 4.78 is 0. The molecule has 1 saturated heterocycles. The van der Waals surface area contributed by atoms with Crippen LogP contribution < -0.4 is 0 Å². The van der Waals surface area contributed by atoms with E-state index in [1.807, 2.05) is 0 Å². The fourth-order valence-electron chi connectivity index (χ4n) is 3.20. The molecule has 0 saturated carbocycles. The summed E-state index contributed by atoms with van der Waals surface area (Å²) in [6.45, 7) is 1.10. The molecule has 1 unspecified atom stereocenters. The van der Waals surface area contributed by atoms with Crippen LogP contribution in [0.4, 0.5) is 0 Å². The zero-order chi connectivity index (χ0) is 11.7. The van der Waals surface area contributed by atoms with E-state index in [1.54, 1.807) is 0 Å². The summed E-state index contributed by atoms with van der Waals surface area (Å²) in [6, 6.07) is 9.38. The molecule has 0 spiro atoms. The van der Waals surface area contributed by atoms with Crippen molar-refractivity contribution in [3.8, 4) is 0 Å². The summed E-state index contributed by atoms with van der Waals surface area (Å²) >= 11 is 0. The molecule has 1 atom stereocenters. The van der Waals surface area contributed by atoms with E-state index in [1.165, 1.54) is 36.8 Å². The van der Waals surface area contributed by atoms with E-state index in [-0.39, 0.29) is 0 Å². The standard InChI is InChI=1S/C15H20N2/c16-15-7-3-4-10-17(15)14-9-8-12-5-1-2-6-13(12)11-14/h1-2,5-6,14,16H,3-4,7-11H2. The number of rotatable bonds is 1. The number of amidine groups is 1. The van der Waals surface area contributed by atoms with Crippen molar-refractivity contribution < 1.29 is 0 Å². The topological polar surface area (TPSA) is 27.1 Å². The summed E-state index contributed by atoms with van der Waals surface area (Å²) in [5.41, 5.74) is 3.02. The van der Waals surface area contributed by atoms with Crippen molar-refractivity contribution >= 4 is 5.84 Å². The Balaban J connectivity index is 1.77. The van der Waals surface area contributed by atoms with E-state index in [0.29, 0.717) is 6.04 Å². The molecule has 17 heavy (non-hydrogen) atoms. The van der Waals surface area contributed by atoms with E-state index in [2.05, 4.69) is 29.2 Å². The average Bonchev–Trinajstić information content (AvgIpc) is 2.39. The number of hydrogen-bond donors (Lipinski definition) is 1. The Morgan fingerprint density at radius 3 is 2.71 bits per heavy atom. The van der Waals surface area contributed by atoms with Crippen LogP contribution in [-0.2, 0) is 12.8 Å². The normalized spacial score (nSPS) is 24.6. The molecule has 0 amide bonds. The highest BCUT2D eigenvalue weighted by molar-refractivity contribution is 5.80. The largest absolute Gasteiger partial charge is 0.357 e. The van der Waals surface area contributed by atoms with Crippen LogP contribution >= 0.6 is 0 Å². The molecular weight excluding hydrogens is 208 g/mol. The van der Waals surface area contributed by atoms with Gasteiger partial charge in [0.2, 0.25) is 0 Å². The van der Waals surface area contributed by atoms with Crippen molar-refractivity contribution in [2.75, 3.05) is 6.54 Å². The molecule has 0 radical (unpaired) electrons. The number of nitrogens with one attached hydrogen (secondary N) is 1. The first kappa shape index (κ1) is 10.8. The zero-order valence-corrected chi connectivity index (χ0v) is 10.3. The summed E-state index contributed by atoms with van der Waals surface area (Å²) in [5, 5.41) is 8.09. The van der Waals surface area contributed by atoms with E-state index < -0.39 is 0 Å². The molecule has 2 heteroatoms. The number of benzene rings is 1. The van der Waals surface area contributed by atoms with Crippen LogP contribution in [0.15, 0.2) is 24.3 Å². The van der Waals surface area contributed by atoms with E-state index in [9.17, 15) is 0 Å². The number of hydrogen-bond acceptors (Lipinski definition) is 1. The number of fused-ring (bicyclic) bond motifs is 1. The zero-order valence-electron chi connectivity index (χ0n) is 10.3. The predicted octanol–water partition coefficient (Wildman–Crippen LogP) is 3.01. The van der Waals surface area contributed by atoms with Crippen LogP contribution in [0.5, 0.6) is 0 Å². The smallest absolute Gasteiger partial charge is 0.0960 e. The lowest BCUT2D eigenvalue weighted by molar-refractivity contribution is 0.257. The monoisotopic (exact) mass is 228 g/mol. The molecule has 0 aromatic heterocycles. The van der Waals surface area contributed by atoms with Crippen LogP contribution in [0.25, 0.3) is 0 Å². The number of likely N-dealkylation sites (tertiary alicyclic amines) is 1. The van der Waals surface area contributed by atoms with Gasteiger partial charge < -0.3 is 4.90 Å². The highest BCUT2D eigenvalue weighted by atomic mass is 15.2. The van der Waals surface area contributed by atoms with Gasteiger partial charge >= 0.3 is 0 Å². The lowest BCUT2D eigenvalue weighted by Gasteiger charge is -2.39. The summed E-state index contributed by atoms with van der Waals surface area (Å²) in [7, 11) is 0. The van der Waals surface area contributed by atoms with Crippen LogP contribution in [0, 0.1) is 5.41 Å². The van der Waals surface area contributed by atoms with Crippen LogP contribution in [-0.4, -0.2) is 23.3 Å². The number of aryl methyl sites for hydroxylation is 1. The quantitative estimate of drug-likeness (QED) is 0.786. The first-order chi connectivity index (χ1) is 8.34. The van der Waals surface area contributed by atoms with Crippen LogP contribution in [0.1, 0.15) is 36.8 Å². The second-order valence-corrected chi connectivity index (χ2v) is 5.26. The molecule has 1 N–H and O–H groups in total. The Hall–Kier alpha value is -1.31. The second-order valence-electron chi connectivity index (χ2n) is 5.26. The van der Waals surface area contributed by atoms with Crippen LogP contribution in [0.2, 0.25) is 0 Å². The van der Waals surface area contributed by atoms with Crippen molar-refractivity contribution in [1.82, 2.24) is 4.90 Å². The first-order valence-corrected chi connectivity index (χ1v) is 6.75. The predicted molar refractivity (Wildman–Crippen MR) is 70.5 cm³/mol. The van der Waals surface area contributed by atoms with Gasteiger partial charge in [-0.1, -0.05) is 24.3 Å². The fourth-order valence-corrected chi connectivity index (χ4v) is 3.20. The summed E-state index contributed by atoms with van der Waals surface area (Å²) in [4.78, 5) is 2.36. The first-order valence-electron chi connectivity index (χ1n) is 6.75. The van der Waals surface area contributed by atoms with Crippen molar-refractivity contribution in [3.05, 3.63) is 35.4 Å². The number of piperidine rings is 1. The minimum absolute atomic E-state index is 0.581. The van der Waals surface area contributed by atoms with E-state index in [0.717, 1.165) is 25.2 Å². The Morgan fingerprint density at radius 1 is 1.06 bits per heavy atom. The summed E-state index contributed by atoms with van der Waals surface area (Å²) in [5.74, 6) is 0.876. The molecule has 2 aliphatic rings. The van der Waals surface area contributed by atoms with E-state index in [4.69, 9.17) is 5.41 Å². The van der Waals surface area contributed by atoms with Crippen molar-refractivity contribution in [2.24, 2.45) is 0 Å².